The fourth-order valence-electron chi connectivity index (χ4n) is 3.86. The van der Waals surface area contributed by atoms with E-state index in [0.717, 1.165) is 38.8 Å². The van der Waals surface area contributed by atoms with E-state index in [9.17, 15) is 9.18 Å². The predicted octanol–water partition coefficient (Wildman–Crippen LogP) is 4.97. The summed E-state index contributed by atoms with van der Waals surface area (Å²) < 4.78 is 20.0. The number of fused-ring (bicyclic) bond motifs is 1. The van der Waals surface area contributed by atoms with Crippen molar-refractivity contribution < 1.29 is 13.9 Å². The van der Waals surface area contributed by atoms with Gasteiger partial charge in [-0.1, -0.05) is 24.3 Å². The number of ether oxygens (including phenoxy) is 1. The summed E-state index contributed by atoms with van der Waals surface area (Å²) in [5.74, 6) is -0.373. The lowest BCUT2D eigenvalue weighted by molar-refractivity contribution is 0.0162. The van der Waals surface area contributed by atoms with E-state index in [1.165, 1.54) is 23.5 Å². The average molecular weight is 468 g/mol. The van der Waals surface area contributed by atoms with Gasteiger partial charge in [0, 0.05) is 19.6 Å². The fraction of sp³-hybridized carbons (Fsp3) is 0.250. The first-order valence-electron chi connectivity index (χ1n) is 10.5. The van der Waals surface area contributed by atoms with Gasteiger partial charge in [-0.25, -0.2) is 9.37 Å². The number of carbonyl (C=O) groups is 1. The van der Waals surface area contributed by atoms with Crippen molar-refractivity contribution in [1.29, 1.82) is 0 Å². The highest BCUT2D eigenvalue weighted by Gasteiger charge is 2.24. The van der Waals surface area contributed by atoms with Crippen LogP contribution in [-0.4, -0.2) is 48.6 Å². The predicted molar refractivity (Wildman–Crippen MR) is 127 cm³/mol. The van der Waals surface area contributed by atoms with Crippen molar-refractivity contribution in [2.75, 3.05) is 32.8 Å². The Bertz CT molecular complexity index is 1180. The van der Waals surface area contributed by atoms with E-state index >= 15 is 0 Å². The molecule has 1 saturated heterocycles. The second-order valence-electron chi connectivity index (χ2n) is 7.58. The molecule has 4 aromatic rings. The third kappa shape index (κ3) is 4.59. The Labute approximate surface area is 193 Å². The van der Waals surface area contributed by atoms with Gasteiger partial charge in [-0.2, -0.15) is 0 Å². The number of nitrogens with one attached hydrogen (secondary N) is 1. The number of amides is 1. The summed E-state index contributed by atoms with van der Waals surface area (Å²) in [7, 11) is 0. The number of carbonyl (C=O) groups excluding carboxylic acids is 1. The molecule has 1 fully saturated rings. The Morgan fingerprint density at radius 1 is 1.06 bits per heavy atom. The molecule has 1 N–H and O–H groups in total. The monoisotopic (exact) mass is 467 g/mol. The van der Waals surface area contributed by atoms with Gasteiger partial charge in [0.25, 0.3) is 5.91 Å². The third-order valence-electron chi connectivity index (χ3n) is 5.53. The lowest BCUT2D eigenvalue weighted by Crippen LogP contribution is -2.43. The molecule has 2 aromatic heterocycles. The molecule has 1 aliphatic rings. The van der Waals surface area contributed by atoms with Crippen molar-refractivity contribution in [3.8, 4) is 9.88 Å². The van der Waals surface area contributed by atoms with Gasteiger partial charge >= 0.3 is 0 Å². The van der Waals surface area contributed by atoms with E-state index < -0.39 is 0 Å². The zero-order chi connectivity index (χ0) is 21.9. The molecule has 0 aliphatic carbocycles. The SMILES string of the molecule is O=C(NCC(c1ccc(F)cc1)N1CCOCC1)c1ccc(-c2nc3ccccc3s2)s1. The Balaban J connectivity index is 1.30. The number of thiophene rings is 1. The van der Waals surface area contributed by atoms with Crippen LogP contribution in [-0.2, 0) is 4.74 Å². The van der Waals surface area contributed by atoms with Crippen molar-refractivity contribution in [3.63, 3.8) is 0 Å². The Morgan fingerprint density at radius 3 is 2.62 bits per heavy atom. The zero-order valence-corrected chi connectivity index (χ0v) is 18.9. The minimum Gasteiger partial charge on any atom is -0.379 e. The van der Waals surface area contributed by atoms with E-state index in [2.05, 4.69) is 21.3 Å². The van der Waals surface area contributed by atoms with Gasteiger partial charge in [0.1, 0.15) is 10.8 Å². The van der Waals surface area contributed by atoms with Crippen molar-refractivity contribution in [3.05, 3.63) is 76.9 Å². The molecule has 0 saturated carbocycles. The van der Waals surface area contributed by atoms with E-state index in [4.69, 9.17) is 4.74 Å². The van der Waals surface area contributed by atoms with Crippen LogP contribution in [0.25, 0.3) is 20.1 Å². The molecule has 1 aliphatic heterocycles. The molecular formula is C24H22FN3O2S2. The van der Waals surface area contributed by atoms with Crippen LogP contribution < -0.4 is 5.32 Å². The number of halogens is 1. The summed E-state index contributed by atoms with van der Waals surface area (Å²) in [5.41, 5.74) is 1.95. The largest absolute Gasteiger partial charge is 0.379 e. The Morgan fingerprint density at radius 2 is 1.84 bits per heavy atom. The fourth-order valence-corrected chi connectivity index (χ4v) is 5.80. The van der Waals surface area contributed by atoms with Gasteiger partial charge in [-0.15, -0.1) is 22.7 Å². The van der Waals surface area contributed by atoms with Gasteiger partial charge in [0.15, 0.2) is 0 Å². The van der Waals surface area contributed by atoms with Crippen LogP contribution in [0.1, 0.15) is 21.3 Å². The molecule has 5 rings (SSSR count). The maximum absolute atomic E-state index is 13.4. The quantitative estimate of drug-likeness (QED) is 0.435. The molecule has 2 aromatic carbocycles. The smallest absolute Gasteiger partial charge is 0.261 e. The Kier molecular flexibility index (Phi) is 6.27. The molecule has 0 radical (unpaired) electrons. The number of aromatic nitrogens is 1. The standard InChI is InChI=1S/C24H22FN3O2S2/c25-17-7-5-16(6-8-17)19(28-11-13-30-14-12-28)15-26-23(29)21-9-10-22(31-21)24-27-18-3-1-2-4-20(18)32-24/h1-10,19H,11-15H2,(H,26,29). The number of hydrogen-bond acceptors (Lipinski definition) is 6. The molecule has 32 heavy (non-hydrogen) atoms. The summed E-state index contributed by atoms with van der Waals surface area (Å²) in [6.45, 7) is 3.31. The van der Waals surface area contributed by atoms with E-state index in [-0.39, 0.29) is 17.8 Å². The maximum atomic E-state index is 13.4. The molecule has 164 valence electrons. The third-order valence-corrected chi connectivity index (χ3v) is 7.82. The molecular weight excluding hydrogens is 445 g/mol. The highest BCUT2D eigenvalue weighted by molar-refractivity contribution is 7.26. The molecule has 1 amide bonds. The van der Waals surface area contributed by atoms with Crippen molar-refractivity contribution in [1.82, 2.24) is 15.2 Å². The summed E-state index contributed by atoms with van der Waals surface area (Å²) in [4.78, 5) is 21.5. The van der Waals surface area contributed by atoms with Crippen molar-refractivity contribution >= 4 is 38.8 Å². The number of hydrogen-bond donors (Lipinski definition) is 1. The van der Waals surface area contributed by atoms with E-state index in [0.29, 0.717) is 24.6 Å². The van der Waals surface area contributed by atoms with Crippen LogP contribution in [0.5, 0.6) is 0 Å². The number of para-hydroxylation sites is 1. The maximum Gasteiger partial charge on any atom is 0.261 e. The lowest BCUT2D eigenvalue weighted by atomic mass is 10.0. The summed E-state index contributed by atoms with van der Waals surface area (Å²) in [6.07, 6.45) is 0. The second kappa shape index (κ2) is 9.46. The first-order valence-corrected chi connectivity index (χ1v) is 12.1. The van der Waals surface area contributed by atoms with Gasteiger partial charge in [-0.3, -0.25) is 9.69 Å². The minimum atomic E-state index is -0.264. The zero-order valence-electron chi connectivity index (χ0n) is 17.3. The number of nitrogens with zero attached hydrogens (tertiary/aromatic N) is 2. The summed E-state index contributed by atoms with van der Waals surface area (Å²) >= 11 is 3.08. The van der Waals surface area contributed by atoms with Crippen LogP contribution in [0.3, 0.4) is 0 Å². The average Bonchev–Trinajstić information content (AvgIpc) is 3.48. The first kappa shape index (κ1) is 21.2. The van der Waals surface area contributed by atoms with Crippen LogP contribution in [0.2, 0.25) is 0 Å². The van der Waals surface area contributed by atoms with Crippen molar-refractivity contribution in [2.24, 2.45) is 0 Å². The van der Waals surface area contributed by atoms with Crippen LogP contribution in [0.15, 0.2) is 60.7 Å². The minimum absolute atomic E-state index is 0.0351. The highest BCUT2D eigenvalue weighted by Crippen LogP contribution is 2.34. The van der Waals surface area contributed by atoms with Gasteiger partial charge in [0.05, 0.1) is 39.2 Å². The molecule has 3 heterocycles. The Hall–Kier alpha value is -2.65. The number of thiazole rings is 1. The van der Waals surface area contributed by atoms with Crippen molar-refractivity contribution in [2.45, 2.75) is 6.04 Å². The normalized spacial score (nSPS) is 15.7. The van der Waals surface area contributed by atoms with Gasteiger partial charge in [0.2, 0.25) is 0 Å². The summed E-state index contributed by atoms with van der Waals surface area (Å²) in [5, 5.41) is 4.00. The number of rotatable bonds is 6. The highest BCUT2D eigenvalue weighted by atomic mass is 32.1. The van der Waals surface area contributed by atoms with E-state index in [1.54, 1.807) is 23.5 Å². The molecule has 0 bridgehead atoms. The van der Waals surface area contributed by atoms with E-state index in [1.807, 2.05) is 30.3 Å². The van der Waals surface area contributed by atoms with Crippen LogP contribution >= 0.6 is 22.7 Å². The topological polar surface area (TPSA) is 54.5 Å². The lowest BCUT2D eigenvalue weighted by Gasteiger charge is -2.34. The van der Waals surface area contributed by atoms with Gasteiger partial charge < -0.3 is 10.1 Å². The summed E-state index contributed by atoms with van der Waals surface area (Å²) in [6, 6.07) is 18.3. The van der Waals surface area contributed by atoms with Crippen LogP contribution in [0, 0.1) is 5.82 Å². The number of benzene rings is 2. The molecule has 1 atom stereocenters. The molecule has 0 spiro atoms. The second-order valence-corrected chi connectivity index (χ2v) is 9.69. The molecule has 8 heteroatoms. The van der Waals surface area contributed by atoms with Gasteiger partial charge in [-0.05, 0) is 42.0 Å². The molecule has 1 unspecified atom stereocenters. The molecule has 5 nitrogen and oxygen atoms in total. The van der Waals surface area contributed by atoms with Crippen LogP contribution in [0.4, 0.5) is 4.39 Å². The first-order chi connectivity index (χ1) is 15.7. The number of morpholine rings is 1.